The van der Waals surface area contributed by atoms with E-state index in [1.807, 2.05) is 0 Å². The average Bonchev–Trinajstić information content (AvgIpc) is 2.79. The van der Waals surface area contributed by atoms with Gasteiger partial charge in [-0.3, -0.25) is 4.79 Å². The van der Waals surface area contributed by atoms with Crippen molar-refractivity contribution >= 4 is 21.6 Å². The van der Waals surface area contributed by atoms with Crippen LogP contribution in [-0.2, 0) is 21.0 Å². The van der Waals surface area contributed by atoms with Crippen LogP contribution in [0.5, 0.6) is 11.5 Å². The van der Waals surface area contributed by atoms with Gasteiger partial charge in [0.05, 0.1) is 25.7 Å². The molecular formula is C21H22F4N2O5S. The van der Waals surface area contributed by atoms with E-state index in [9.17, 15) is 30.8 Å². The molecular weight excluding hydrogens is 468 g/mol. The van der Waals surface area contributed by atoms with E-state index >= 15 is 0 Å². The number of carbonyl (C=O) groups is 1. The number of benzene rings is 2. The lowest BCUT2D eigenvalue weighted by molar-refractivity contribution is -0.140. The van der Waals surface area contributed by atoms with E-state index in [0.29, 0.717) is 30.7 Å². The van der Waals surface area contributed by atoms with Gasteiger partial charge in [0.15, 0.2) is 0 Å². The summed E-state index contributed by atoms with van der Waals surface area (Å²) in [4.78, 5) is 12.6. The molecule has 0 bridgehead atoms. The third-order valence-electron chi connectivity index (χ3n) is 5.28. The van der Waals surface area contributed by atoms with Crippen molar-refractivity contribution in [1.29, 1.82) is 0 Å². The highest BCUT2D eigenvalue weighted by atomic mass is 32.2. The van der Waals surface area contributed by atoms with Gasteiger partial charge in [0.1, 0.15) is 22.2 Å². The molecule has 1 heterocycles. The predicted molar refractivity (Wildman–Crippen MR) is 111 cm³/mol. The van der Waals surface area contributed by atoms with E-state index in [4.69, 9.17) is 9.47 Å². The van der Waals surface area contributed by atoms with Crippen molar-refractivity contribution in [2.75, 3.05) is 32.6 Å². The van der Waals surface area contributed by atoms with Crippen molar-refractivity contribution in [3.63, 3.8) is 0 Å². The zero-order chi connectivity index (χ0) is 24.4. The number of rotatable bonds is 6. The number of hydrogen-bond donors (Lipinski definition) is 1. The first kappa shape index (κ1) is 24.8. The number of methoxy groups -OCH3 is 2. The molecule has 1 aliphatic heterocycles. The molecule has 1 aliphatic rings. The molecule has 1 fully saturated rings. The first-order valence-electron chi connectivity index (χ1n) is 9.87. The summed E-state index contributed by atoms with van der Waals surface area (Å²) in [7, 11) is -1.35. The molecule has 1 amide bonds. The van der Waals surface area contributed by atoms with E-state index in [2.05, 4.69) is 5.32 Å². The zero-order valence-corrected chi connectivity index (χ0v) is 18.6. The Balaban J connectivity index is 1.80. The van der Waals surface area contributed by atoms with Crippen molar-refractivity contribution < 1.29 is 40.2 Å². The molecule has 1 saturated heterocycles. The second-order valence-electron chi connectivity index (χ2n) is 7.40. The van der Waals surface area contributed by atoms with Crippen molar-refractivity contribution in [1.82, 2.24) is 4.31 Å². The summed E-state index contributed by atoms with van der Waals surface area (Å²) in [5, 5.41) is 2.33. The first-order valence-corrected chi connectivity index (χ1v) is 11.3. The summed E-state index contributed by atoms with van der Waals surface area (Å²) in [5.74, 6) is -2.52. The van der Waals surface area contributed by atoms with Crippen LogP contribution in [0.2, 0.25) is 0 Å². The van der Waals surface area contributed by atoms with Gasteiger partial charge < -0.3 is 14.8 Å². The van der Waals surface area contributed by atoms with Crippen molar-refractivity contribution in [3.8, 4) is 11.5 Å². The van der Waals surface area contributed by atoms with Crippen LogP contribution >= 0.6 is 0 Å². The van der Waals surface area contributed by atoms with Gasteiger partial charge in [0.25, 0.3) is 0 Å². The highest BCUT2D eigenvalue weighted by molar-refractivity contribution is 7.89. The maximum absolute atomic E-state index is 13.5. The van der Waals surface area contributed by atoms with Gasteiger partial charge in [-0.2, -0.15) is 17.5 Å². The van der Waals surface area contributed by atoms with Gasteiger partial charge in [0, 0.05) is 24.8 Å². The fraction of sp³-hybridized carbons (Fsp3) is 0.381. The lowest BCUT2D eigenvalue weighted by Gasteiger charge is -2.31. The molecule has 1 N–H and O–H groups in total. The van der Waals surface area contributed by atoms with Crippen LogP contribution in [-0.4, -0.2) is 45.9 Å². The van der Waals surface area contributed by atoms with Gasteiger partial charge >= 0.3 is 6.18 Å². The van der Waals surface area contributed by atoms with Crippen LogP contribution in [0.4, 0.5) is 23.2 Å². The minimum Gasteiger partial charge on any atom is -0.497 e. The minimum absolute atomic E-state index is 0.105. The van der Waals surface area contributed by atoms with Crippen LogP contribution in [0.15, 0.2) is 41.3 Å². The smallest absolute Gasteiger partial charge is 0.419 e. The summed E-state index contributed by atoms with van der Waals surface area (Å²) in [6.07, 6.45) is -4.22. The normalized spacial score (nSPS) is 17.5. The maximum Gasteiger partial charge on any atom is 0.419 e. The number of carbonyl (C=O) groups excluding carboxylic acids is 1. The summed E-state index contributed by atoms with van der Waals surface area (Å²) in [5.41, 5.74) is -1.73. The topological polar surface area (TPSA) is 84.9 Å². The first-order chi connectivity index (χ1) is 15.5. The number of sulfonamides is 1. The SMILES string of the molecule is COc1ccc(OC)c(S(=O)(=O)N2CCC[C@H](C(=O)Nc3ccc(F)c(C(F)(F)F)c3)C2)c1. The number of alkyl halides is 3. The Bertz CT molecular complexity index is 1140. The van der Waals surface area contributed by atoms with Crippen molar-refractivity contribution in [2.45, 2.75) is 23.9 Å². The molecule has 7 nitrogen and oxygen atoms in total. The molecule has 180 valence electrons. The average molecular weight is 490 g/mol. The third-order valence-corrected chi connectivity index (χ3v) is 7.17. The molecule has 2 aromatic carbocycles. The number of anilines is 1. The summed E-state index contributed by atoms with van der Waals surface area (Å²) in [6.45, 7) is -0.0247. The van der Waals surface area contributed by atoms with Crippen LogP contribution in [0, 0.1) is 11.7 Å². The Hall–Kier alpha value is -2.86. The van der Waals surface area contributed by atoms with Gasteiger partial charge in [-0.1, -0.05) is 0 Å². The molecule has 0 radical (unpaired) electrons. The molecule has 0 aromatic heterocycles. The molecule has 3 rings (SSSR count). The number of halogens is 4. The zero-order valence-electron chi connectivity index (χ0n) is 17.8. The summed E-state index contributed by atoms with van der Waals surface area (Å²) >= 11 is 0. The Labute approximate surface area is 188 Å². The Morgan fingerprint density at radius 1 is 1.12 bits per heavy atom. The molecule has 0 unspecified atom stereocenters. The molecule has 1 atom stereocenters. The Morgan fingerprint density at radius 2 is 1.85 bits per heavy atom. The number of nitrogens with zero attached hydrogens (tertiary/aromatic N) is 1. The Morgan fingerprint density at radius 3 is 2.48 bits per heavy atom. The molecule has 12 heteroatoms. The maximum atomic E-state index is 13.5. The molecule has 2 aromatic rings. The van der Waals surface area contributed by atoms with Gasteiger partial charge in [-0.15, -0.1) is 0 Å². The number of amides is 1. The lowest BCUT2D eigenvalue weighted by atomic mass is 9.98. The largest absolute Gasteiger partial charge is 0.497 e. The predicted octanol–water partition coefficient (Wildman–Crippen LogP) is 3.90. The fourth-order valence-corrected chi connectivity index (χ4v) is 5.26. The van der Waals surface area contributed by atoms with Crippen LogP contribution in [0.3, 0.4) is 0 Å². The van der Waals surface area contributed by atoms with Crippen LogP contribution in [0.1, 0.15) is 18.4 Å². The third kappa shape index (κ3) is 5.38. The highest BCUT2D eigenvalue weighted by Gasteiger charge is 2.36. The quantitative estimate of drug-likeness (QED) is 0.621. The van der Waals surface area contributed by atoms with Gasteiger partial charge in [-0.25, -0.2) is 12.8 Å². The van der Waals surface area contributed by atoms with Crippen molar-refractivity contribution in [3.05, 3.63) is 47.8 Å². The van der Waals surface area contributed by atoms with Gasteiger partial charge in [-0.05, 0) is 43.2 Å². The van der Waals surface area contributed by atoms with E-state index in [-0.39, 0.29) is 29.4 Å². The second-order valence-corrected chi connectivity index (χ2v) is 9.31. The Kier molecular flexibility index (Phi) is 7.17. The standard InChI is InChI=1S/C21H22F4N2O5S/c1-31-15-6-8-18(32-2)19(11-15)33(29,30)27-9-3-4-13(12-27)20(28)26-14-5-7-17(22)16(10-14)21(23,24)25/h5-8,10-11,13H,3-4,9,12H2,1-2H3,(H,26,28)/t13-/m0/s1. The molecule has 0 spiro atoms. The molecule has 0 saturated carbocycles. The summed E-state index contributed by atoms with van der Waals surface area (Å²) in [6, 6.07) is 6.45. The number of ether oxygens (including phenoxy) is 2. The van der Waals surface area contributed by atoms with Gasteiger partial charge in [0.2, 0.25) is 15.9 Å². The monoisotopic (exact) mass is 490 g/mol. The minimum atomic E-state index is -4.92. The van der Waals surface area contributed by atoms with E-state index in [1.54, 1.807) is 6.07 Å². The highest BCUT2D eigenvalue weighted by Crippen LogP contribution is 2.34. The van der Waals surface area contributed by atoms with Crippen molar-refractivity contribution in [2.24, 2.45) is 5.92 Å². The van der Waals surface area contributed by atoms with Crippen LogP contribution in [0.25, 0.3) is 0 Å². The van der Waals surface area contributed by atoms with Crippen LogP contribution < -0.4 is 14.8 Å². The second kappa shape index (κ2) is 9.56. The number of hydrogen-bond acceptors (Lipinski definition) is 5. The summed E-state index contributed by atoms with van der Waals surface area (Å²) < 4.78 is 90.2. The number of piperidine rings is 1. The number of nitrogens with one attached hydrogen (secondary N) is 1. The lowest BCUT2D eigenvalue weighted by Crippen LogP contribution is -2.43. The van der Waals surface area contributed by atoms with E-state index < -0.39 is 39.4 Å². The fourth-order valence-electron chi connectivity index (χ4n) is 3.56. The molecule has 33 heavy (non-hydrogen) atoms. The van der Waals surface area contributed by atoms with E-state index in [0.717, 1.165) is 10.4 Å². The van der Waals surface area contributed by atoms with E-state index in [1.165, 1.54) is 26.4 Å². The molecule has 0 aliphatic carbocycles.